The number of sulfone groups is 2. The number of benzene rings is 2. The number of hydrogen-bond donors (Lipinski definition) is 1. The zero-order valence-electron chi connectivity index (χ0n) is 16.2. The van der Waals surface area contributed by atoms with Crippen LogP contribution in [-0.4, -0.2) is 56.2 Å². The quantitative estimate of drug-likeness (QED) is 0.636. The minimum Gasteiger partial charge on any atom is -0.497 e. The first-order valence-electron chi connectivity index (χ1n) is 8.78. The molecule has 30 heavy (non-hydrogen) atoms. The van der Waals surface area contributed by atoms with Gasteiger partial charge in [-0.15, -0.1) is 0 Å². The second-order valence-electron chi connectivity index (χ2n) is 6.72. The summed E-state index contributed by atoms with van der Waals surface area (Å²) >= 11 is 0. The smallest absolute Gasteiger partial charge is 0.262 e. The van der Waals surface area contributed by atoms with E-state index in [0.29, 0.717) is 5.75 Å². The summed E-state index contributed by atoms with van der Waals surface area (Å²) in [5.74, 6) is 0.0219. The third kappa shape index (κ3) is 4.55. The molecule has 12 heteroatoms. The van der Waals surface area contributed by atoms with Crippen LogP contribution < -0.4 is 14.2 Å². The van der Waals surface area contributed by atoms with E-state index >= 15 is 0 Å². The molecule has 0 unspecified atom stereocenters. The highest BCUT2D eigenvalue weighted by atomic mass is 32.2. The van der Waals surface area contributed by atoms with Crippen LogP contribution in [-0.2, 0) is 29.7 Å². The highest BCUT2D eigenvalue weighted by Gasteiger charge is 2.38. The molecule has 0 radical (unpaired) electrons. The number of sulfonamides is 1. The van der Waals surface area contributed by atoms with Gasteiger partial charge in [0.2, 0.25) is 0 Å². The maximum absolute atomic E-state index is 12.8. The second kappa shape index (κ2) is 8.08. The molecule has 0 aliphatic carbocycles. The summed E-state index contributed by atoms with van der Waals surface area (Å²) in [5, 5.41) is -1.09. The average molecular weight is 476 g/mol. The van der Waals surface area contributed by atoms with Gasteiger partial charge in [0, 0.05) is 6.07 Å². The van der Waals surface area contributed by atoms with Gasteiger partial charge in [-0.2, -0.15) is 0 Å². The Morgan fingerprint density at radius 1 is 0.967 bits per heavy atom. The number of hydrogen-bond acceptors (Lipinski definition) is 8. The summed E-state index contributed by atoms with van der Waals surface area (Å²) in [6.45, 7) is 0. The third-order valence-electron chi connectivity index (χ3n) is 4.73. The Labute approximate surface area is 175 Å². The Bertz CT molecular complexity index is 1270. The van der Waals surface area contributed by atoms with Gasteiger partial charge in [0.25, 0.3) is 10.0 Å². The van der Waals surface area contributed by atoms with E-state index in [1.165, 1.54) is 44.6 Å². The molecule has 0 saturated carbocycles. The van der Waals surface area contributed by atoms with Crippen LogP contribution in [0.3, 0.4) is 0 Å². The van der Waals surface area contributed by atoms with E-state index in [4.69, 9.17) is 9.47 Å². The van der Waals surface area contributed by atoms with Crippen LogP contribution >= 0.6 is 0 Å². The van der Waals surface area contributed by atoms with E-state index in [1.807, 2.05) is 0 Å². The number of anilines is 1. The maximum atomic E-state index is 12.8. The van der Waals surface area contributed by atoms with Crippen LogP contribution in [0.25, 0.3) is 0 Å². The number of ether oxygens (including phenoxy) is 2. The minimum atomic E-state index is -4.15. The monoisotopic (exact) mass is 475 g/mol. The van der Waals surface area contributed by atoms with Crippen molar-refractivity contribution in [1.82, 2.24) is 0 Å². The van der Waals surface area contributed by atoms with Crippen molar-refractivity contribution < 1.29 is 34.7 Å². The Balaban J connectivity index is 1.93. The predicted molar refractivity (Wildman–Crippen MR) is 111 cm³/mol. The first-order chi connectivity index (χ1) is 14.0. The highest BCUT2D eigenvalue weighted by Crippen LogP contribution is 2.32. The molecule has 0 bridgehead atoms. The molecular formula is C18H21NO8S3. The molecule has 164 valence electrons. The summed E-state index contributed by atoms with van der Waals surface area (Å²) in [6, 6.07) is 9.34. The normalized spacial score (nSPS) is 18.7. The van der Waals surface area contributed by atoms with Gasteiger partial charge in [0.05, 0.1) is 46.5 Å². The van der Waals surface area contributed by atoms with Crippen molar-refractivity contribution >= 4 is 35.4 Å². The first-order valence-corrected chi connectivity index (χ1v) is 13.6. The topological polar surface area (TPSA) is 133 Å². The summed E-state index contributed by atoms with van der Waals surface area (Å²) in [7, 11) is -8.73. The summed E-state index contributed by atoms with van der Waals surface area (Å²) in [6.07, 6.45) is -0.0110. The molecular weight excluding hydrogens is 454 g/mol. The average Bonchev–Trinajstić information content (AvgIpc) is 3.08. The predicted octanol–water partition coefficient (Wildman–Crippen LogP) is 1.47. The van der Waals surface area contributed by atoms with E-state index in [0.717, 1.165) is 6.07 Å². The van der Waals surface area contributed by atoms with Crippen molar-refractivity contribution in [2.45, 2.75) is 21.5 Å². The van der Waals surface area contributed by atoms with Crippen LogP contribution in [0.1, 0.15) is 6.42 Å². The number of nitrogens with one attached hydrogen (secondary N) is 1. The molecule has 0 aromatic heterocycles. The van der Waals surface area contributed by atoms with E-state index in [-0.39, 0.29) is 33.4 Å². The van der Waals surface area contributed by atoms with Crippen molar-refractivity contribution in [3.8, 4) is 11.5 Å². The van der Waals surface area contributed by atoms with Gasteiger partial charge < -0.3 is 9.47 Å². The van der Waals surface area contributed by atoms with Gasteiger partial charge in [-0.1, -0.05) is 6.07 Å². The summed E-state index contributed by atoms with van der Waals surface area (Å²) in [5.41, 5.74) is 0.147. The van der Waals surface area contributed by atoms with Crippen molar-refractivity contribution in [2.24, 2.45) is 0 Å². The summed E-state index contributed by atoms with van der Waals surface area (Å²) in [4.78, 5) is -0.517. The molecule has 2 aromatic carbocycles. The van der Waals surface area contributed by atoms with Gasteiger partial charge in [0.15, 0.2) is 19.7 Å². The molecule has 9 nitrogen and oxygen atoms in total. The molecule has 2 aromatic rings. The van der Waals surface area contributed by atoms with Crippen molar-refractivity contribution in [3.05, 3.63) is 42.5 Å². The fourth-order valence-electron chi connectivity index (χ4n) is 3.10. The van der Waals surface area contributed by atoms with E-state index in [2.05, 4.69) is 4.72 Å². The number of rotatable bonds is 7. The van der Waals surface area contributed by atoms with Crippen LogP contribution in [0.5, 0.6) is 11.5 Å². The fourth-order valence-corrected chi connectivity index (χ4v) is 8.70. The van der Waals surface area contributed by atoms with E-state index in [1.54, 1.807) is 6.07 Å². The zero-order valence-corrected chi connectivity index (χ0v) is 18.7. The zero-order chi connectivity index (χ0) is 22.2. The highest BCUT2D eigenvalue weighted by molar-refractivity contribution is 7.96. The van der Waals surface area contributed by atoms with Gasteiger partial charge in [-0.25, -0.2) is 25.3 Å². The summed E-state index contributed by atoms with van der Waals surface area (Å²) < 4.78 is 87.3. The molecule has 1 aliphatic rings. The van der Waals surface area contributed by atoms with Crippen molar-refractivity contribution in [2.75, 3.05) is 30.4 Å². The molecule has 0 spiro atoms. The molecule has 1 heterocycles. The molecule has 1 aliphatic heterocycles. The Kier molecular flexibility index (Phi) is 6.03. The van der Waals surface area contributed by atoms with Crippen LogP contribution in [0.2, 0.25) is 0 Å². The lowest BCUT2D eigenvalue weighted by Crippen LogP contribution is -2.23. The fraction of sp³-hybridized carbons (Fsp3) is 0.333. The second-order valence-corrected chi connectivity index (χ2v) is 12.9. The van der Waals surface area contributed by atoms with Gasteiger partial charge in [0.1, 0.15) is 11.5 Å². The van der Waals surface area contributed by atoms with Crippen molar-refractivity contribution in [1.29, 1.82) is 0 Å². The molecule has 1 N–H and O–H groups in total. The Morgan fingerprint density at radius 3 is 2.27 bits per heavy atom. The lowest BCUT2D eigenvalue weighted by molar-refractivity contribution is 0.395. The molecule has 1 saturated heterocycles. The van der Waals surface area contributed by atoms with E-state index in [9.17, 15) is 25.3 Å². The minimum absolute atomic E-state index is 0.0110. The van der Waals surface area contributed by atoms with Gasteiger partial charge in [-0.05, 0) is 36.8 Å². The van der Waals surface area contributed by atoms with Crippen molar-refractivity contribution in [3.63, 3.8) is 0 Å². The standard InChI is InChI=1S/C18H21NO8S3/c1-26-13-6-7-17(18(10-13)27-2)19-30(24,25)15-5-3-4-14(11-15)29(22,23)16-8-9-28(20,21)12-16/h3-7,10-11,16,19H,8-9,12H2,1-2H3/t16-/m0/s1. The molecule has 0 amide bonds. The van der Waals surface area contributed by atoms with Crippen LogP contribution in [0, 0.1) is 0 Å². The lowest BCUT2D eigenvalue weighted by Gasteiger charge is -2.14. The third-order valence-corrected chi connectivity index (χ3v) is 10.3. The first kappa shape index (κ1) is 22.4. The van der Waals surface area contributed by atoms with Crippen LogP contribution in [0.15, 0.2) is 52.3 Å². The van der Waals surface area contributed by atoms with Gasteiger partial charge in [-0.3, -0.25) is 4.72 Å². The number of methoxy groups -OCH3 is 2. The van der Waals surface area contributed by atoms with E-state index < -0.39 is 40.7 Å². The Morgan fingerprint density at radius 2 is 1.67 bits per heavy atom. The SMILES string of the molecule is COc1ccc(NS(=O)(=O)c2cccc(S(=O)(=O)[C@H]3CCS(=O)(=O)C3)c2)c(OC)c1. The van der Waals surface area contributed by atoms with Gasteiger partial charge >= 0.3 is 0 Å². The maximum Gasteiger partial charge on any atom is 0.262 e. The molecule has 3 rings (SSSR count). The largest absolute Gasteiger partial charge is 0.497 e. The lowest BCUT2D eigenvalue weighted by atomic mass is 10.3. The Hall–Kier alpha value is -2.31. The molecule has 1 fully saturated rings. The molecule has 1 atom stereocenters. The van der Waals surface area contributed by atoms with Crippen LogP contribution in [0.4, 0.5) is 5.69 Å².